The molecule has 0 atom stereocenters. The molecular weight excluding hydrogens is 370 g/mol. The summed E-state index contributed by atoms with van der Waals surface area (Å²) < 4.78 is 1.24. The monoisotopic (exact) mass is 391 g/mol. The van der Waals surface area contributed by atoms with E-state index in [1.807, 2.05) is 35.2 Å². The molecule has 0 saturated carbocycles. The molecular formula is C21H21N5OS. The Labute approximate surface area is 166 Å². The molecule has 2 aromatic carbocycles. The van der Waals surface area contributed by atoms with Crippen molar-refractivity contribution < 1.29 is 4.79 Å². The number of H-pyrrole nitrogens is 1. The average molecular weight is 392 g/mol. The van der Waals surface area contributed by atoms with E-state index in [2.05, 4.69) is 33.5 Å². The van der Waals surface area contributed by atoms with E-state index in [0.717, 1.165) is 48.3 Å². The van der Waals surface area contributed by atoms with Crippen LogP contribution in [0, 0.1) is 0 Å². The molecule has 0 bridgehead atoms. The summed E-state index contributed by atoms with van der Waals surface area (Å²) in [5.41, 5.74) is 2.99. The van der Waals surface area contributed by atoms with Crippen LogP contribution >= 0.6 is 11.3 Å². The smallest absolute Gasteiger partial charge is 0.317 e. The summed E-state index contributed by atoms with van der Waals surface area (Å²) in [5, 5.41) is 4.18. The highest BCUT2D eigenvalue weighted by Crippen LogP contribution is 2.33. The fraction of sp³-hybridized carbons (Fsp3) is 0.286. The van der Waals surface area contributed by atoms with Gasteiger partial charge >= 0.3 is 6.03 Å². The molecule has 142 valence electrons. The number of benzene rings is 2. The number of aromatic amines is 1. The van der Waals surface area contributed by atoms with Crippen LogP contribution < -0.4 is 5.32 Å². The van der Waals surface area contributed by atoms with E-state index in [1.54, 1.807) is 11.3 Å². The van der Waals surface area contributed by atoms with E-state index in [-0.39, 0.29) is 6.03 Å². The number of fused-ring (bicyclic) bond motifs is 2. The Hall–Kier alpha value is -2.93. The number of carbonyl (C=O) groups excluding carboxylic acids is 1. The summed E-state index contributed by atoms with van der Waals surface area (Å²) in [5.74, 6) is 1.22. The molecule has 2 amide bonds. The zero-order valence-electron chi connectivity index (χ0n) is 15.4. The lowest BCUT2D eigenvalue weighted by Crippen LogP contribution is -2.43. The lowest BCUT2D eigenvalue weighted by atomic mass is 9.98. The summed E-state index contributed by atoms with van der Waals surface area (Å²) in [6.07, 6.45) is 1.91. The SMILES string of the molecule is O=C(NCc1nc2ccccc2[nH]1)N1CCC(c2nc3ccccc3s2)CC1. The van der Waals surface area contributed by atoms with Crippen molar-refractivity contribution in [2.75, 3.05) is 13.1 Å². The molecule has 1 fully saturated rings. The molecule has 0 radical (unpaired) electrons. The molecule has 4 aromatic rings. The minimum atomic E-state index is -0.0248. The van der Waals surface area contributed by atoms with Crippen LogP contribution in [0.4, 0.5) is 4.79 Å². The number of hydrogen-bond acceptors (Lipinski definition) is 4. The van der Waals surface area contributed by atoms with E-state index < -0.39 is 0 Å². The fourth-order valence-corrected chi connectivity index (χ4v) is 4.89. The van der Waals surface area contributed by atoms with Crippen LogP contribution in [-0.4, -0.2) is 39.0 Å². The highest BCUT2D eigenvalue weighted by Gasteiger charge is 2.25. The topological polar surface area (TPSA) is 73.9 Å². The Morgan fingerprint density at radius 1 is 1.07 bits per heavy atom. The number of piperidine rings is 1. The molecule has 0 spiro atoms. The van der Waals surface area contributed by atoms with Gasteiger partial charge in [0.2, 0.25) is 0 Å². The van der Waals surface area contributed by atoms with Crippen LogP contribution in [0.15, 0.2) is 48.5 Å². The van der Waals surface area contributed by atoms with E-state index in [4.69, 9.17) is 4.98 Å². The molecule has 0 aliphatic carbocycles. The Morgan fingerprint density at radius 3 is 2.61 bits per heavy atom. The van der Waals surface area contributed by atoms with Crippen molar-refractivity contribution in [3.8, 4) is 0 Å². The summed E-state index contributed by atoms with van der Waals surface area (Å²) in [6, 6.07) is 16.1. The number of amides is 2. The second-order valence-electron chi connectivity index (χ2n) is 7.14. The van der Waals surface area contributed by atoms with Gasteiger partial charge in [-0.1, -0.05) is 24.3 Å². The second kappa shape index (κ2) is 7.24. The number of carbonyl (C=O) groups is 1. The van der Waals surface area contributed by atoms with Crippen molar-refractivity contribution in [1.29, 1.82) is 0 Å². The number of rotatable bonds is 3. The third-order valence-corrected chi connectivity index (χ3v) is 6.49. The number of thiazole rings is 1. The number of urea groups is 1. The van der Waals surface area contributed by atoms with Crippen LogP contribution in [0.1, 0.15) is 29.6 Å². The van der Waals surface area contributed by atoms with Crippen molar-refractivity contribution in [3.63, 3.8) is 0 Å². The van der Waals surface area contributed by atoms with Crippen molar-refractivity contribution in [3.05, 3.63) is 59.4 Å². The van der Waals surface area contributed by atoms with E-state index in [0.29, 0.717) is 12.5 Å². The lowest BCUT2D eigenvalue weighted by Gasteiger charge is -2.31. The van der Waals surface area contributed by atoms with Gasteiger partial charge in [0.25, 0.3) is 0 Å². The first-order valence-corrected chi connectivity index (χ1v) is 10.4. The number of likely N-dealkylation sites (tertiary alicyclic amines) is 1. The van der Waals surface area contributed by atoms with Crippen molar-refractivity contribution in [1.82, 2.24) is 25.2 Å². The molecule has 28 heavy (non-hydrogen) atoms. The maximum absolute atomic E-state index is 12.5. The molecule has 1 aliphatic heterocycles. The highest BCUT2D eigenvalue weighted by molar-refractivity contribution is 7.18. The van der Waals surface area contributed by atoms with Gasteiger partial charge < -0.3 is 15.2 Å². The average Bonchev–Trinajstić information content (AvgIpc) is 3.35. The van der Waals surface area contributed by atoms with Gasteiger partial charge in [-0.3, -0.25) is 0 Å². The van der Waals surface area contributed by atoms with Gasteiger partial charge in [-0.05, 0) is 37.1 Å². The van der Waals surface area contributed by atoms with Crippen molar-refractivity contribution in [2.24, 2.45) is 0 Å². The largest absolute Gasteiger partial charge is 0.340 e. The van der Waals surface area contributed by atoms with Gasteiger partial charge in [0.15, 0.2) is 0 Å². The third kappa shape index (κ3) is 3.33. The Bertz CT molecular complexity index is 1060. The summed E-state index contributed by atoms with van der Waals surface area (Å²) in [6.45, 7) is 1.92. The minimum absolute atomic E-state index is 0.0248. The predicted octanol–water partition coefficient (Wildman–Crippen LogP) is 4.26. The van der Waals surface area contributed by atoms with E-state index >= 15 is 0 Å². The fourth-order valence-electron chi connectivity index (χ4n) is 3.75. The van der Waals surface area contributed by atoms with E-state index in [9.17, 15) is 4.79 Å². The zero-order valence-corrected chi connectivity index (χ0v) is 16.2. The van der Waals surface area contributed by atoms with E-state index in [1.165, 1.54) is 9.71 Å². The number of para-hydroxylation sites is 3. The first-order chi connectivity index (χ1) is 13.8. The molecule has 5 rings (SSSR count). The molecule has 7 heteroatoms. The summed E-state index contributed by atoms with van der Waals surface area (Å²) >= 11 is 1.78. The van der Waals surface area contributed by atoms with Crippen LogP contribution in [-0.2, 0) is 6.54 Å². The second-order valence-corrected chi connectivity index (χ2v) is 8.20. The minimum Gasteiger partial charge on any atom is -0.340 e. The molecule has 3 heterocycles. The predicted molar refractivity (Wildman–Crippen MR) is 111 cm³/mol. The summed E-state index contributed by atoms with van der Waals surface area (Å²) in [7, 11) is 0. The molecule has 1 saturated heterocycles. The van der Waals surface area contributed by atoms with Gasteiger partial charge in [-0.2, -0.15) is 0 Å². The first-order valence-electron chi connectivity index (χ1n) is 9.58. The van der Waals surface area contributed by atoms with Gasteiger partial charge in [-0.25, -0.2) is 14.8 Å². The van der Waals surface area contributed by atoms with Crippen molar-refractivity contribution in [2.45, 2.75) is 25.3 Å². The van der Waals surface area contributed by atoms with Crippen LogP contribution in [0.5, 0.6) is 0 Å². The maximum Gasteiger partial charge on any atom is 0.317 e. The molecule has 6 nitrogen and oxygen atoms in total. The summed E-state index contributed by atoms with van der Waals surface area (Å²) in [4.78, 5) is 27.0. The number of nitrogens with zero attached hydrogens (tertiary/aromatic N) is 3. The Kier molecular flexibility index (Phi) is 4.44. The van der Waals surface area contributed by atoms with Crippen molar-refractivity contribution >= 4 is 38.6 Å². The molecule has 2 aromatic heterocycles. The van der Waals surface area contributed by atoms with Crippen LogP contribution in [0.25, 0.3) is 21.3 Å². The quantitative estimate of drug-likeness (QED) is 0.548. The van der Waals surface area contributed by atoms with Gasteiger partial charge in [0.1, 0.15) is 5.82 Å². The number of hydrogen-bond donors (Lipinski definition) is 2. The highest BCUT2D eigenvalue weighted by atomic mass is 32.1. The van der Waals surface area contributed by atoms with Gasteiger partial charge in [0, 0.05) is 19.0 Å². The number of aromatic nitrogens is 3. The standard InChI is InChI=1S/C21H21N5OS/c27-21(22-13-19-23-15-5-1-2-6-16(15)24-19)26-11-9-14(10-12-26)20-25-17-7-3-4-8-18(17)28-20/h1-8,14H,9-13H2,(H,22,27)(H,23,24). The van der Waals surface area contributed by atoms with Gasteiger partial charge in [0.05, 0.1) is 32.8 Å². The first kappa shape index (κ1) is 17.2. The Morgan fingerprint density at radius 2 is 1.82 bits per heavy atom. The number of nitrogens with one attached hydrogen (secondary N) is 2. The van der Waals surface area contributed by atoms with Gasteiger partial charge in [-0.15, -0.1) is 11.3 Å². The number of imidazole rings is 1. The molecule has 2 N–H and O–H groups in total. The van der Waals surface area contributed by atoms with Crippen LogP contribution in [0.2, 0.25) is 0 Å². The Balaban J connectivity index is 1.17. The molecule has 1 aliphatic rings. The van der Waals surface area contributed by atoms with Crippen LogP contribution in [0.3, 0.4) is 0 Å². The lowest BCUT2D eigenvalue weighted by molar-refractivity contribution is 0.180. The maximum atomic E-state index is 12.5. The normalized spacial score (nSPS) is 15.4. The zero-order chi connectivity index (χ0) is 18.9. The third-order valence-electron chi connectivity index (χ3n) is 5.29. The molecule has 0 unspecified atom stereocenters.